The van der Waals surface area contributed by atoms with Gasteiger partial charge in [0.1, 0.15) is 12.3 Å². The lowest BCUT2D eigenvalue weighted by molar-refractivity contribution is -0.142. The molecule has 0 radical (unpaired) electrons. The summed E-state index contributed by atoms with van der Waals surface area (Å²) in [5, 5.41) is 2.76. The van der Waals surface area contributed by atoms with E-state index in [4.69, 9.17) is 9.47 Å². The predicted octanol–water partition coefficient (Wildman–Crippen LogP) is 0.965. The summed E-state index contributed by atoms with van der Waals surface area (Å²) in [4.78, 5) is 37.8. The minimum Gasteiger partial charge on any atom is -0.461 e. The molecular formula is C14H20N2O5. The summed E-state index contributed by atoms with van der Waals surface area (Å²) in [6.07, 6.45) is 0. The van der Waals surface area contributed by atoms with Crippen LogP contribution in [0.4, 0.5) is 0 Å². The number of ketones is 1. The van der Waals surface area contributed by atoms with Crippen molar-refractivity contribution in [3.8, 4) is 0 Å². The van der Waals surface area contributed by atoms with E-state index in [1.54, 1.807) is 20.9 Å². The van der Waals surface area contributed by atoms with Crippen molar-refractivity contribution >= 4 is 17.7 Å². The summed E-state index contributed by atoms with van der Waals surface area (Å²) in [5.41, 5.74) is 1.45. The number of Topliss-reactive ketones (excluding diaryl/α,β-unsaturated/α-hetero) is 1. The molecule has 1 aromatic rings. The number of carbonyl (C=O) groups excluding carboxylic acids is 3. The topological polar surface area (TPSA) is 97.5 Å². The molecule has 1 heterocycles. The zero-order valence-electron chi connectivity index (χ0n) is 12.7. The molecule has 0 aliphatic rings. The average Bonchev–Trinajstić information content (AvgIpc) is 2.74. The van der Waals surface area contributed by atoms with Crippen LogP contribution in [-0.2, 0) is 20.9 Å². The van der Waals surface area contributed by atoms with E-state index in [2.05, 4.69) is 10.3 Å². The summed E-state index contributed by atoms with van der Waals surface area (Å²) < 4.78 is 9.85. The molecule has 0 saturated heterocycles. The summed E-state index contributed by atoms with van der Waals surface area (Å²) in [6, 6.07) is 0. The lowest BCUT2D eigenvalue weighted by Gasteiger charge is -2.05. The van der Waals surface area contributed by atoms with Crippen LogP contribution in [0.1, 0.15) is 46.0 Å². The highest BCUT2D eigenvalue weighted by Crippen LogP contribution is 2.21. The first-order valence-corrected chi connectivity index (χ1v) is 6.62. The van der Waals surface area contributed by atoms with Crippen LogP contribution in [-0.4, -0.2) is 42.9 Å². The largest absolute Gasteiger partial charge is 0.461 e. The first-order valence-electron chi connectivity index (χ1n) is 6.62. The molecule has 1 aromatic heterocycles. The Hall–Kier alpha value is -2.15. The van der Waals surface area contributed by atoms with E-state index in [1.807, 2.05) is 0 Å². The van der Waals surface area contributed by atoms with Crippen LogP contribution in [0.2, 0.25) is 0 Å². The maximum atomic E-state index is 12.1. The molecule has 0 spiro atoms. The van der Waals surface area contributed by atoms with Crippen molar-refractivity contribution in [1.29, 1.82) is 0 Å². The van der Waals surface area contributed by atoms with Crippen LogP contribution in [0.5, 0.6) is 0 Å². The minimum atomic E-state index is -0.539. The second-order valence-electron chi connectivity index (χ2n) is 4.43. The number of hydrogen-bond acceptors (Lipinski definition) is 6. The molecule has 0 unspecified atom stereocenters. The smallest absolute Gasteiger partial charge is 0.355 e. The van der Waals surface area contributed by atoms with Crippen molar-refractivity contribution in [2.75, 3.05) is 20.2 Å². The molecule has 2 N–H and O–H groups in total. The minimum absolute atomic E-state index is 0.0969. The molecule has 0 fully saturated rings. The van der Waals surface area contributed by atoms with Gasteiger partial charge < -0.3 is 19.8 Å². The van der Waals surface area contributed by atoms with Crippen molar-refractivity contribution in [2.24, 2.45) is 0 Å². The third kappa shape index (κ3) is 4.16. The monoisotopic (exact) mass is 296 g/mol. The van der Waals surface area contributed by atoms with E-state index >= 15 is 0 Å². The van der Waals surface area contributed by atoms with Gasteiger partial charge in [-0.1, -0.05) is 0 Å². The van der Waals surface area contributed by atoms with Crippen molar-refractivity contribution < 1.29 is 23.9 Å². The van der Waals surface area contributed by atoms with Crippen LogP contribution >= 0.6 is 0 Å². The molecule has 0 atom stereocenters. The van der Waals surface area contributed by atoms with Crippen molar-refractivity contribution in [2.45, 2.75) is 27.4 Å². The van der Waals surface area contributed by atoms with Gasteiger partial charge in [-0.15, -0.1) is 0 Å². The van der Waals surface area contributed by atoms with Gasteiger partial charge >= 0.3 is 11.9 Å². The Bertz CT molecular complexity index is 548. The van der Waals surface area contributed by atoms with Crippen LogP contribution < -0.4 is 5.32 Å². The third-order valence-electron chi connectivity index (χ3n) is 2.84. The number of esters is 2. The second-order valence-corrected chi connectivity index (χ2v) is 4.43. The number of carbonyl (C=O) groups is 3. The van der Waals surface area contributed by atoms with Gasteiger partial charge in [0, 0.05) is 12.5 Å². The predicted molar refractivity (Wildman–Crippen MR) is 75.2 cm³/mol. The van der Waals surface area contributed by atoms with Crippen LogP contribution in [0.3, 0.4) is 0 Å². The fourth-order valence-electron chi connectivity index (χ4n) is 1.97. The van der Waals surface area contributed by atoms with E-state index in [0.29, 0.717) is 16.8 Å². The van der Waals surface area contributed by atoms with E-state index < -0.39 is 11.9 Å². The molecule has 0 amide bonds. The number of ether oxygens (including phenoxy) is 2. The van der Waals surface area contributed by atoms with E-state index in [-0.39, 0.29) is 31.2 Å². The van der Waals surface area contributed by atoms with Crippen LogP contribution in [0.25, 0.3) is 0 Å². The van der Waals surface area contributed by atoms with Crippen LogP contribution in [0.15, 0.2) is 0 Å². The molecule has 116 valence electrons. The fourth-order valence-corrected chi connectivity index (χ4v) is 1.97. The van der Waals surface area contributed by atoms with E-state index in [0.717, 1.165) is 0 Å². The van der Waals surface area contributed by atoms with Crippen molar-refractivity contribution in [3.63, 3.8) is 0 Å². The Morgan fingerprint density at radius 3 is 2.43 bits per heavy atom. The lowest BCUT2D eigenvalue weighted by Crippen LogP contribution is -2.20. The Morgan fingerprint density at radius 2 is 1.90 bits per heavy atom. The van der Waals surface area contributed by atoms with Gasteiger partial charge in [0.15, 0.2) is 5.78 Å². The van der Waals surface area contributed by atoms with Crippen molar-refractivity contribution in [1.82, 2.24) is 10.3 Å². The summed E-state index contributed by atoms with van der Waals surface area (Å²) >= 11 is 0. The first kappa shape index (κ1) is 16.9. The number of rotatable bonds is 7. The van der Waals surface area contributed by atoms with Gasteiger partial charge in [-0.25, -0.2) is 4.79 Å². The molecule has 0 aliphatic heterocycles. The SMILES string of the molecule is CCOC(=O)c1[nH]c(COC(C)=O)c(C(=O)CNC)c1C. The fraction of sp³-hybridized carbons (Fsp3) is 0.500. The van der Waals surface area contributed by atoms with Gasteiger partial charge in [0.05, 0.1) is 18.8 Å². The molecule has 0 bridgehead atoms. The number of aromatic nitrogens is 1. The summed E-state index contributed by atoms with van der Waals surface area (Å²) in [5.74, 6) is -1.20. The Balaban J connectivity index is 3.19. The molecule has 0 saturated carbocycles. The highest BCUT2D eigenvalue weighted by molar-refractivity contribution is 6.03. The zero-order chi connectivity index (χ0) is 16.0. The molecule has 0 aliphatic carbocycles. The number of nitrogens with one attached hydrogen (secondary N) is 2. The van der Waals surface area contributed by atoms with Gasteiger partial charge in [0.25, 0.3) is 0 Å². The number of H-pyrrole nitrogens is 1. The Kier molecular flexibility index (Phi) is 6.10. The van der Waals surface area contributed by atoms with Gasteiger partial charge in [0.2, 0.25) is 0 Å². The van der Waals surface area contributed by atoms with E-state index in [9.17, 15) is 14.4 Å². The summed E-state index contributed by atoms with van der Waals surface area (Å²) in [6.45, 7) is 4.88. The highest BCUT2D eigenvalue weighted by atomic mass is 16.5. The standard InChI is InChI=1S/C14H20N2O5/c1-5-20-14(19)13-8(2)12(11(18)6-15-4)10(16-13)7-21-9(3)17/h15-16H,5-7H2,1-4H3. The molecule has 1 rings (SSSR count). The van der Waals surface area contributed by atoms with Gasteiger partial charge in [-0.05, 0) is 26.5 Å². The number of hydrogen-bond donors (Lipinski definition) is 2. The molecular weight excluding hydrogens is 276 g/mol. The third-order valence-corrected chi connectivity index (χ3v) is 2.84. The molecule has 7 nitrogen and oxygen atoms in total. The van der Waals surface area contributed by atoms with Gasteiger partial charge in [-0.2, -0.15) is 0 Å². The molecule has 21 heavy (non-hydrogen) atoms. The number of aromatic amines is 1. The Morgan fingerprint density at radius 1 is 1.24 bits per heavy atom. The number of likely N-dealkylation sites (N-methyl/N-ethyl adjacent to an activating group) is 1. The maximum Gasteiger partial charge on any atom is 0.355 e. The van der Waals surface area contributed by atoms with E-state index in [1.165, 1.54) is 6.92 Å². The van der Waals surface area contributed by atoms with Crippen LogP contribution in [0, 0.1) is 6.92 Å². The first-order chi connectivity index (χ1) is 9.92. The zero-order valence-corrected chi connectivity index (χ0v) is 12.7. The second kappa shape index (κ2) is 7.58. The Labute approximate surface area is 123 Å². The molecule has 7 heteroatoms. The average molecular weight is 296 g/mol. The highest BCUT2D eigenvalue weighted by Gasteiger charge is 2.24. The molecule has 0 aromatic carbocycles. The maximum absolute atomic E-state index is 12.1. The lowest BCUT2D eigenvalue weighted by atomic mass is 10.1. The van der Waals surface area contributed by atoms with Gasteiger partial charge in [-0.3, -0.25) is 9.59 Å². The normalized spacial score (nSPS) is 10.3. The van der Waals surface area contributed by atoms with Crippen molar-refractivity contribution in [3.05, 3.63) is 22.5 Å². The summed E-state index contributed by atoms with van der Waals surface area (Å²) in [7, 11) is 1.65. The quantitative estimate of drug-likeness (QED) is 0.574.